The van der Waals surface area contributed by atoms with Crippen LogP contribution in [0, 0.1) is 0 Å². The minimum Gasteiger partial charge on any atom is -0.399 e. The number of anilines is 1. The molecule has 0 aliphatic carbocycles. The van der Waals surface area contributed by atoms with Crippen LogP contribution in [0.3, 0.4) is 0 Å². The van der Waals surface area contributed by atoms with E-state index in [9.17, 15) is 0 Å². The molecule has 0 spiro atoms. The third-order valence-corrected chi connectivity index (χ3v) is 3.59. The topological polar surface area (TPSA) is 81.6 Å². The second-order valence-electron chi connectivity index (χ2n) is 5.20. The van der Waals surface area contributed by atoms with Crippen LogP contribution in [-0.2, 0) is 11.9 Å². The monoisotopic (exact) mass is 325 g/mol. The molecule has 0 aliphatic heterocycles. The van der Waals surface area contributed by atoms with Crippen LogP contribution in [0.25, 0.3) is 16.9 Å². The summed E-state index contributed by atoms with van der Waals surface area (Å²) in [7, 11) is 3.40. The Balaban J connectivity index is 2.02. The van der Waals surface area contributed by atoms with Gasteiger partial charge in [0.15, 0.2) is 11.5 Å². The van der Waals surface area contributed by atoms with Crippen molar-refractivity contribution in [3.05, 3.63) is 42.8 Å². The molecular formula is C16H19N7O. The number of imidazole rings is 1. The van der Waals surface area contributed by atoms with Gasteiger partial charge in [-0.05, 0) is 13.8 Å². The Morgan fingerprint density at radius 2 is 2.17 bits per heavy atom. The smallest absolute Gasteiger partial charge is 0.180 e. The number of nitrogens with one attached hydrogen (secondary N) is 1. The molecule has 0 atom stereocenters. The minimum absolute atomic E-state index is 0.645. The highest BCUT2D eigenvalue weighted by Gasteiger charge is 2.13. The molecule has 3 aromatic rings. The average Bonchev–Trinajstić information content (AvgIpc) is 3.19. The fourth-order valence-electron chi connectivity index (χ4n) is 2.46. The summed E-state index contributed by atoms with van der Waals surface area (Å²) in [4.78, 5) is 13.7. The van der Waals surface area contributed by atoms with Crippen molar-refractivity contribution >= 4 is 17.2 Å². The second-order valence-corrected chi connectivity index (χ2v) is 5.20. The van der Waals surface area contributed by atoms with Crippen LogP contribution < -0.4 is 5.32 Å². The Labute approximate surface area is 139 Å². The van der Waals surface area contributed by atoms with Gasteiger partial charge in [-0.1, -0.05) is 11.2 Å². The normalized spacial score (nSPS) is 12.7. The second kappa shape index (κ2) is 6.53. The van der Waals surface area contributed by atoms with Crippen LogP contribution in [0.15, 0.2) is 47.9 Å². The van der Waals surface area contributed by atoms with Crippen molar-refractivity contribution < 1.29 is 4.84 Å². The Kier molecular flexibility index (Phi) is 4.28. The zero-order valence-electron chi connectivity index (χ0n) is 14.1. The lowest BCUT2D eigenvalue weighted by Gasteiger charge is -2.10. The maximum atomic E-state index is 4.83. The predicted molar refractivity (Wildman–Crippen MR) is 92.7 cm³/mol. The van der Waals surface area contributed by atoms with Crippen molar-refractivity contribution in [1.29, 1.82) is 0 Å². The number of allylic oxidation sites excluding steroid dienone is 2. The maximum absolute atomic E-state index is 4.83. The van der Waals surface area contributed by atoms with Gasteiger partial charge >= 0.3 is 0 Å². The van der Waals surface area contributed by atoms with E-state index in [1.165, 1.54) is 7.11 Å². The van der Waals surface area contributed by atoms with E-state index in [1.807, 2.05) is 56.2 Å². The molecule has 0 aliphatic rings. The number of hydrogen-bond acceptors (Lipinski definition) is 6. The number of aromatic nitrogens is 5. The zero-order valence-corrected chi connectivity index (χ0v) is 14.1. The molecule has 0 radical (unpaired) electrons. The van der Waals surface area contributed by atoms with E-state index >= 15 is 0 Å². The Morgan fingerprint density at radius 1 is 1.33 bits per heavy atom. The molecule has 0 saturated carbocycles. The molecule has 0 amide bonds. The van der Waals surface area contributed by atoms with Gasteiger partial charge in [0.05, 0.1) is 29.5 Å². The lowest BCUT2D eigenvalue weighted by molar-refractivity contribution is 0.213. The molecule has 0 unspecified atom stereocenters. The first-order valence-electron chi connectivity index (χ1n) is 7.46. The van der Waals surface area contributed by atoms with E-state index in [0.29, 0.717) is 5.82 Å². The SMILES string of the molecule is C/C=C(Nc1nccn2c(-c3cnn(C)c3)cnc12)/C(C)=N\OC. The molecule has 24 heavy (non-hydrogen) atoms. The molecule has 0 bridgehead atoms. The van der Waals surface area contributed by atoms with Gasteiger partial charge in [-0.2, -0.15) is 5.10 Å². The van der Waals surface area contributed by atoms with Crippen LogP contribution in [0.2, 0.25) is 0 Å². The third-order valence-electron chi connectivity index (χ3n) is 3.59. The molecule has 0 saturated heterocycles. The molecule has 124 valence electrons. The first-order chi connectivity index (χ1) is 11.6. The quantitative estimate of drug-likeness (QED) is 0.575. The highest BCUT2D eigenvalue weighted by Crippen LogP contribution is 2.23. The maximum Gasteiger partial charge on any atom is 0.180 e. The summed E-state index contributed by atoms with van der Waals surface area (Å²) in [5.41, 5.74) is 4.20. The van der Waals surface area contributed by atoms with Gasteiger partial charge in [0, 0.05) is 31.2 Å². The minimum atomic E-state index is 0.645. The average molecular weight is 325 g/mol. The van der Waals surface area contributed by atoms with Crippen LogP contribution >= 0.6 is 0 Å². The molecule has 1 N–H and O–H groups in total. The fourth-order valence-corrected chi connectivity index (χ4v) is 2.46. The van der Waals surface area contributed by atoms with E-state index in [-0.39, 0.29) is 0 Å². The number of hydrogen-bond donors (Lipinski definition) is 1. The number of aryl methyl sites for hydroxylation is 1. The van der Waals surface area contributed by atoms with Gasteiger partial charge in [0.1, 0.15) is 7.11 Å². The molecule has 8 heteroatoms. The van der Waals surface area contributed by atoms with Crippen molar-refractivity contribution in [3.63, 3.8) is 0 Å². The molecule has 3 rings (SSSR count). The van der Waals surface area contributed by atoms with Crippen LogP contribution in [-0.4, -0.2) is 37.0 Å². The standard InChI is InChI=1S/C16H19N7O/c1-5-13(11(2)21-24-4)20-15-16-18-9-14(23(16)7-6-17-15)12-8-19-22(3)10-12/h5-10H,1-4H3,(H,17,20)/b13-5-,21-11-. The van der Waals surface area contributed by atoms with Crippen molar-refractivity contribution in [3.8, 4) is 11.3 Å². The summed E-state index contributed by atoms with van der Waals surface area (Å²) < 4.78 is 3.74. The van der Waals surface area contributed by atoms with Crippen LogP contribution in [0.4, 0.5) is 5.82 Å². The fraction of sp³-hybridized carbons (Fsp3) is 0.250. The number of nitrogens with zero attached hydrogens (tertiary/aromatic N) is 6. The van der Waals surface area contributed by atoms with Crippen molar-refractivity contribution in [2.75, 3.05) is 12.4 Å². The summed E-state index contributed by atoms with van der Waals surface area (Å²) in [6.45, 7) is 3.78. The highest BCUT2D eigenvalue weighted by atomic mass is 16.6. The Morgan fingerprint density at radius 3 is 2.83 bits per heavy atom. The van der Waals surface area contributed by atoms with E-state index in [1.54, 1.807) is 10.9 Å². The largest absolute Gasteiger partial charge is 0.399 e. The Bertz CT molecular complexity index is 920. The highest BCUT2D eigenvalue weighted by molar-refractivity contribution is 6.00. The van der Waals surface area contributed by atoms with E-state index in [2.05, 4.69) is 25.5 Å². The van der Waals surface area contributed by atoms with Gasteiger partial charge in [-0.3, -0.25) is 9.08 Å². The van der Waals surface area contributed by atoms with Crippen LogP contribution in [0.5, 0.6) is 0 Å². The molecule has 8 nitrogen and oxygen atoms in total. The molecular weight excluding hydrogens is 306 g/mol. The van der Waals surface area contributed by atoms with Crippen molar-refractivity contribution in [2.24, 2.45) is 12.2 Å². The number of fused-ring (bicyclic) bond motifs is 1. The van der Waals surface area contributed by atoms with Gasteiger partial charge in [0.25, 0.3) is 0 Å². The zero-order chi connectivity index (χ0) is 17.1. The van der Waals surface area contributed by atoms with Gasteiger partial charge in [-0.15, -0.1) is 0 Å². The molecule has 0 fully saturated rings. The first kappa shape index (κ1) is 15.7. The first-order valence-corrected chi connectivity index (χ1v) is 7.46. The van der Waals surface area contributed by atoms with Gasteiger partial charge in [0.2, 0.25) is 0 Å². The molecule has 0 aromatic carbocycles. The Hall–Kier alpha value is -3.16. The van der Waals surface area contributed by atoms with Gasteiger partial charge in [-0.25, -0.2) is 9.97 Å². The van der Waals surface area contributed by atoms with Crippen molar-refractivity contribution in [1.82, 2.24) is 24.1 Å². The summed E-state index contributed by atoms with van der Waals surface area (Å²) in [5.74, 6) is 0.645. The third kappa shape index (κ3) is 2.85. The summed E-state index contributed by atoms with van der Waals surface area (Å²) >= 11 is 0. The number of rotatable bonds is 5. The van der Waals surface area contributed by atoms with E-state index < -0.39 is 0 Å². The lowest BCUT2D eigenvalue weighted by Crippen LogP contribution is -2.10. The van der Waals surface area contributed by atoms with Crippen molar-refractivity contribution in [2.45, 2.75) is 13.8 Å². The van der Waals surface area contributed by atoms with E-state index in [0.717, 1.165) is 28.3 Å². The van der Waals surface area contributed by atoms with E-state index in [4.69, 9.17) is 4.84 Å². The van der Waals surface area contributed by atoms with Crippen LogP contribution in [0.1, 0.15) is 13.8 Å². The van der Waals surface area contributed by atoms with Gasteiger partial charge < -0.3 is 10.2 Å². The summed E-state index contributed by atoms with van der Waals surface area (Å²) in [6, 6.07) is 0. The molecule has 3 heterocycles. The summed E-state index contributed by atoms with van der Waals surface area (Å²) in [6.07, 6.45) is 11.1. The number of oxime groups is 1. The summed E-state index contributed by atoms with van der Waals surface area (Å²) in [5, 5.41) is 11.4. The lowest BCUT2D eigenvalue weighted by atomic mass is 10.3. The predicted octanol–water partition coefficient (Wildman–Crippen LogP) is 2.47. The molecule has 3 aromatic heterocycles.